The van der Waals surface area contributed by atoms with Crippen molar-refractivity contribution >= 4 is 11.6 Å². The maximum Gasteiger partial charge on any atom is 0.134 e. The second kappa shape index (κ2) is 5.65. The van der Waals surface area contributed by atoms with E-state index in [1.54, 1.807) is 4.90 Å². The van der Waals surface area contributed by atoms with E-state index >= 15 is 0 Å². The molecule has 0 aromatic carbocycles. The van der Waals surface area contributed by atoms with E-state index in [-0.39, 0.29) is 0 Å². The summed E-state index contributed by atoms with van der Waals surface area (Å²) in [5.41, 5.74) is 0. The van der Waals surface area contributed by atoms with Crippen molar-refractivity contribution in [1.82, 2.24) is 14.9 Å². The van der Waals surface area contributed by atoms with E-state index in [0.717, 1.165) is 31.1 Å². The number of nitrogens with zero attached hydrogens (tertiary/aromatic N) is 5. The number of hydrogen-bond donors (Lipinski definition) is 1. The smallest absolute Gasteiger partial charge is 0.134 e. The minimum Gasteiger partial charge on any atom is -0.366 e. The Kier molecular flexibility index (Phi) is 3.95. The fraction of sp³-hybridized carbons (Fsp3) is 0.583. The van der Waals surface area contributed by atoms with Gasteiger partial charge in [0.05, 0.1) is 6.07 Å². The first kappa shape index (κ1) is 12.6. The molecule has 1 unspecified atom stereocenters. The number of rotatable bonds is 4. The Bertz CT molecular complexity index is 440. The van der Waals surface area contributed by atoms with Crippen LogP contribution in [0.5, 0.6) is 0 Å². The summed E-state index contributed by atoms with van der Waals surface area (Å²) in [7, 11) is 3.96. The van der Waals surface area contributed by atoms with Crippen LogP contribution in [0.3, 0.4) is 0 Å². The molecule has 96 valence electrons. The molecule has 1 N–H and O–H groups in total. The van der Waals surface area contributed by atoms with Crippen LogP contribution in [0.4, 0.5) is 11.6 Å². The summed E-state index contributed by atoms with van der Waals surface area (Å²) in [6.07, 6.45) is 2.66. The molecule has 0 amide bonds. The quantitative estimate of drug-likeness (QED) is 0.783. The lowest BCUT2D eigenvalue weighted by Gasteiger charge is -2.17. The second-order valence-electron chi connectivity index (χ2n) is 4.67. The average Bonchev–Trinajstić information content (AvgIpc) is 2.75. The van der Waals surface area contributed by atoms with Crippen LogP contribution < -0.4 is 10.2 Å². The highest BCUT2D eigenvalue weighted by Gasteiger charge is 2.19. The van der Waals surface area contributed by atoms with Crippen molar-refractivity contribution in [2.24, 2.45) is 0 Å². The molecule has 6 heteroatoms. The first-order valence-electron chi connectivity index (χ1n) is 6.04. The van der Waals surface area contributed by atoms with Crippen LogP contribution in [-0.2, 0) is 0 Å². The predicted molar refractivity (Wildman–Crippen MR) is 70.4 cm³/mol. The molecule has 1 aliphatic rings. The number of hydrogen-bond acceptors (Lipinski definition) is 6. The zero-order chi connectivity index (χ0) is 13.0. The van der Waals surface area contributed by atoms with Crippen molar-refractivity contribution in [3.05, 3.63) is 12.4 Å². The highest BCUT2D eigenvalue weighted by atomic mass is 15.2. The van der Waals surface area contributed by atoms with Gasteiger partial charge in [0.2, 0.25) is 0 Å². The molecule has 6 nitrogen and oxygen atoms in total. The summed E-state index contributed by atoms with van der Waals surface area (Å²) < 4.78 is 0. The van der Waals surface area contributed by atoms with Crippen LogP contribution in [0, 0.1) is 11.3 Å². The third-order valence-corrected chi connectivity index (χ3v) is 3.09. The van der Waals surface area contributed by atoms with Gasteiger partial charge in [0, 0.05) is 25.7 Å². The monoisotopic (exact) mass is 246 g/mol. The molecule has 1 atom stereocenters. The van der Waals surface area contributed by atoms with E-state index in [1.165, 1.54) is 6.33 Å². The van der Waals surface area contributed by atoms with Gasteiger partial charge < -0.3 is 15.1 Å². The largest absolute Gasteiger partial charge is 0.366 e. The molecule has 1 fully saturated rings. The van der Waals surface area contributed by atoms with Crippen LogP contribution in [0.2, 0.25) is 0 Å². The maximum atomic E-state index is 8.67. The van der Waals surface area contributed by atoms with Gasteiger partial charge in [-0.05, 0) is 20.0 Å². The highest BCUT2D eigenvalue weighted by molar-refractivity contribution is 5.49. The van der Waals surface area contributed by atoms with Crippen molar-refractivity contribution in [2.75, 3.05) is 43.9 Å². The fourth-order valence-electron chi connectivity index (χ4n) is 2.08. The van der Waals surface area contributed by atoms with E-state index in [2.05, 4.69) is 33.3 Å². The minimum absolute atomic E-state index is 0.322. The Morgan fingerprint density at radius 1 is 1.61 bits per heavy atom. The molecule has 1 aliphatic heterocycles. The Labute approximate surface area is 107 Å². The fourth-order valence-corrected chi connectivity index (χ4v) is 2.08. The zero-order valence-corrected chi connectivity index (χ0v) is 10.8. The van der Waals surface area contributed by atoms with E-state index < -0.39 is 0 Å². The maximum absolute atomic E-state index is 8.67. The van der Waals surface area contributed by atoms with Gasteiger partial charge in [-0.25, -0.2) is 9.97 Å². The summed E-state index contributed by atoms with van der Waals surface area (Å²) in [6.45, 7) is 2.47. The number of likely N-dealkylation sites (tertiary alicyclic amines) is 1. The van der Waals surface area contributed by atoms with E-state index in [0.29, 0.717) is 12.6 Å². The topological polar surface area (TPSA) is 68.1 Å². The van der Waals surface area contributed by atoms with Crippen LogP contribution in [0.1, 0.15) is 6.42 Å². The van der Waals surface area contributed by atoms with Gasteiger partial charge >= 0.3 is 0 Å². The Morgan fingerprint density at radius 3 is 3.11 bits per heavy atom. The summed E-state index contributed by atoms with van der Waals surface area (Å²) in [6, 6.07) is 4.43. The summed E-state index contributed by atoms with van der Waals surface area (Å²) in [5, 5.41) is 12.1. The lowest BCUT2D eigenvalue weighted by atomic mass is 10.2. The molecule has 0 radical (unpaired) electrons. The van der Waals surface area contributed by atoms with Crippen molar-refractivity contribution in [1.29, 1.82) is 5.26 Å². The molecule has 18 heavy (non-hydrogen) atoms. The van der Waals surface area contributed by atoms with Gasteiger partial charge in [0.1, 0.15) is 24.5 Å². The highest BCUT2D eigenvalue weighted by Crippen LogP contribution is 2.16. The van der Waals surface area contributed by atoms with Crippen LogP contribution >= 0.6 is 0 Å². The van der Waals surface area contributed by atoms with Crippen LogP contribution in [-0.4, -0.2) is 54.6 Å². The lowest BCUT2D eigenvalue weighted by molar-refractivity contribution is 0.414. The number of aromatic nitrogens is 2. The SMILES string of the molecule is CN1CCC(Nc2cc(N(C)CC#N)ncn2)C1. The number of anilines is 2. The van der Waals surface area contributed by atoms with Crippen LogP contribution in [0.15, 0.2) is 12.4 Å². The van der Waals surface area contributed by atoms with Gasteiger partial charge in [0.15, 0.2) is 0 Å². The van der Waals surface area contributed by atoms with Crippen molar-refractivity contribution in [2.45, 2.75) is 12.5 Å². The first-order valence-corrected chi connectivity index (χ1v) is 6.04. The Morgan fingerprint density at radius 2 is 2.44 bits per heavy atom. The molecule has 0 bridgehead atoms. The third-order valence-electron chi connectivity index (χ3n) is 3.09. The van der Waals surface area contributed by atoms with Crippen molar-refractivity contribution < 1.29 is 0 Å². The molecule has 1 aromatic heterocycles. The normalized spacial score (nSPS) is 19.5. The molecule has 1 aromatic rings. The summed E-state index contributed by atoms with van der Waals surface area (Å²) in [5.74, 6) is 1.59. The lowest BCUT2D eigenvalue weighted by Crippen LogP contribution is -2.24. The molecular formula is C12H18N6. The molecule has 2 rings (SSSR count). The number of nitrogens with one attached hydrogen (secondary N) is 1. The molecular weight excluding hydrogens is 228 g/mol. The van der Waals surface area contributed by atoms with Gasteiger partial charge in [-0.3, -0.25) is 0 Å². The predicted octanol–water partition coefficient (Wildman–Crippen LogP) is 0.552. The molecule has 2 heterocycles. The van der Waals surface area contributed by atoms with E-state index in [4.69, 9.17) is 5.26 Å². The minimum atomic E-state index is 0.322. The summed E-state index contributed by atoms with van der Waals surface area (Å²) >= 11 is 0. The number of likely N-dealkylation sites (N-methyl/N-ethyl adjacent to an activating group) is 1. The Balaban J connectivity index is 2.01. The third kappa shape index (κ3) is 3.08. The van der Waals surface area contributed by atoms with Gasteiger partial charge in [-0.2, -0.15) is 5.26 Å². The van der Waals surface area contributed by atoms with Crippen molar-refractivity contribution in [3.63, 3.8) is 0 Å². The second-order valence-corrected chi connectivity index (χ2v) is 4.67. The molecule has 0 spiro atoms. The van der Waals surface area contributed by atoms with Crippen LogP contribution in [0.25, 0.3) is 0 Å². The van der Waals surface area contributed by atoms with E-state index in [1.807, 2.05) is 13.1 Å². The molecule has 0 aliphatic carbocycles. The zero-order valence-electron chi connectivity index (χ0n) is 10.8. The molecule has 0 saturated carbocycles. The van der Waals surface area contributed by atoms with Gasteiger partial charge in [-0.1, -0.05) is 0 Å². The summed E-state index contributed by atoms with van der Waals surface area (Å²) in [4.78, 5) is 12.5. The van der Waals surface area contributed by atoms with Gasteiger partial charge in [0.25, 0.3) is 0 Å². The first-order chi connectivity index (χ1) is 8.69. The van der Waals surface area contributed by atoms with Crippen molar-refractivity contribution in [3.8, 4) is 6.07 Å². The standard InChI is InChI=1S/C12H18N6/c1-17-5-3-10(8-17)16-11-7-12(15-9-14-11)18(2)6-4-13/h7,9-10H,3,5-6,8H2,1-2H3,(H,14,15,16). The van der Waals surface area contributed by atoms with E-state index in [9.17, 15) is 0 Å². The Hall–Kier alpha value is -1.87. The molecule has 1 saturated heterocycles. The number of nitriles is 1. The van der Waals surface area contributed by atoms with Gasteiger partial charge in [-0.15, -0.1) is 0 Å². The average molecular weight is 246 g/mol.